The van der Waals surface area contributed by atoms with Gasteiger partial charge in [-0.3, -0.25) is 0 Å². The fraction of sp³-hybridized carbons (Fsp3) is 0.471. The van der Waals surface area contributed by atoms with E-state index in [1.54, 1.807) is 0 Å². The molecule has 0 radical (unpaired) electrons. The van der Waals surface area contributed by atoms with Crippen molar-refractivity contribution in [3.63, 3.8) is 0 Å². The molecule has 3 atom stereocenters. The second kappa shape index (κ2) is 4.96. The summed E-state index contributed by atoms with van der Waals surface area (Å²) in [5.74, 6) is 2.65. The van der Waals surface area contributed by atoms with Crippen LogP contribution in [0.5, 0.6) is 0 Å². The number of aryl methyl sites for hydroxylation is 1. The van der Waals surface area contributed by atoms with Gasteiger partial charge in [-0.25, -0.2) is 4.98 Å². The fourth-order valence-electron chi connectivity index (χ4n) is 4.03. The predicted molar refractivity (Wildman–Crippen MR) is 88.2 cm³/mol. The summed E-state index contributed by atoms with van der Waals surface area (Å²) in [6.07, 6.45) is 5.72. The standard InChI is InChI=1S/C17H18BrNS/c1-10-16(13-4-2-3-5-15(13)18)19-17(20-10)14-9-11-6-7-12(14)8-11/h2-5,11-12,14H,6-9H2,1H3. The molecule has 0 spiro atoms. The van der Waals surface area contributed by atoms with Crippen molar-refractivity contribution in [2.75, 3.05) is 0 Å². The normalized spacial score (nSPS) is 28.2. The minimum atomic E-state index is 0.744. The zero-order chi connectivity index (χ0) is 13.7. The van der Waals surface area contributed by atoms with Gasteiger partial charge in [0, 0.05) is 20.8 Å². The molecule has 3 heteroatoms. The zero-order valence-corrected chi connectivity index (χ0v) is 14.0. The summed E-state index contributed by atoms with van der Waals surface area (Å²) in [5, 5.41) is 1.39. The van der Waals surface area contributed by atoms with Crippen LogP contribution >= 0.6 is 27.3 Å². The highest BCUT2D eigenvalue weighted by molar-refractivity contribution is 9.10. The minimum Gasteiger partial charge on any atom is -0.241 e. The van der Waals surface area contributed by atoms with E-state index in [2.05, 4.69) is 47.1 Å². The molecule has 2 saturated carbocycles. The average Bonchev–Trinajstić information content (AvgIpc) is 3.14. The number of nitrogens with zero attached hydrogens (tertiary/aromatic N) is 1. The van der Waals surface area contributed by atoms with Gasteiger partial charge in [0.15, 0.2) is 0 Å². The molecule has 2 fully saturated rings. The third-order valence-corrected chi connectivity index (χ3v) is 6.79. The summed E-state index contributed by atoms with van der Waals surface area (Å²) in [5.41, 5.74) is 2.41. The molecule has 0 saturated heterocycles. The van der Waals surface area contributed by atoms with E-state index < -0.39 is 0 Å². The molecule has 0 amide bonds. The molecule has 1 nitrogen and oxygen atoms in total. The smallest absolute Gasteiger partial charge is 0.0969 e. The Labute approximate surface area is 132 Å². The number of halogens is 1. The lowest BCUT2D eigenvalue weighted by atomic mass is 9.89. The van der Waals surface area contributed by atoms with E-state index in [0.29, 0.717) is 0 Å². The number of thiazole rings is 1. The first-order valence-electron chi connectivity index (χ1n) is 7.44. The molecule has 20 heavy (non-hydrogen) atoms. The molecule has 2 aliphatic rings. The molecule has 4 rings (SSSR count). The van der Waals surface area contributed by atoms with Crippen LogP contribution < -0.4 is 0 Å². The Kier molecular flexibility index (Phi) is 3.23. The summed E-state index contributed by atoms with van der Waals surface area (Å²) in [7, 11) is 0. The van der Waals surface area contributed by atoms with E-state index in [0.717, 1.165) is 22.2 Å². The summed E-state index contributed by atoms with van der Waals surface area (Å²) in [4.78, 5) is 6.39. The summed E-state index contributed by atoms with van der Waals surface area (Å²) >= 11 is 5.58. The SMILES string of the molecule is Cc1sc(C2CC3CCC2C3)nc1-c1ccccc1Br. The number of hydrogen-bond donors (Lipinski definition) is 0. The molecule has 1 aromatic heterocycles. The first-order valence-corrected chi connectivity index (χ1v) is 9.05. The van der Waals surface area contributed by atoms with Crippen molar-refractivity contribution in [3.05, 3.63) is 38.6 Å². The van der Waals surface area contributed by atoms with Gasteiger partial charge in [-0.05, 0) is 44.1 Å². The monoisotopic (exact) mass is 347 g/mol. The molecule has 2 bridgehead atoms. The number of fused-ring (bicyclic) bond motifs is 2. The maximum atomic E-state index is 5.03. The second-order valence-electron chi connectivity index (χ2n) is 6.22. The molecule has 3 unspecified atom stereocenters. The van der Waals surface area contributed by atoms with Crippen LogP contribution in [-0.4, -0.2) is 4.98 Å². The van der Waals surface area contributed by atoms with Crippen molar-refractivity contribution in [1.29, 1.82) is 0 Å². The highest BCUT2D eigenvalue weighted by Gasteiger charge is 2.41. The largest absolute Gasteiger partial charge is 0.241 e. The average molecular weight is 348 g/mol. The lowest BCUT2D eigenvalue weighted by Crippen LogP contribution is -2.07. The van der Waals surface area contributed by atoms with E-state index in [1.165, 1.54) is 46.8 Å². The van der Waals surface area contributed by atoms with Crippen LogP contribution in [0.25, 0.3) is 11.3 Å². The van der Waals surface area contributed by atoms with Gasteiger partial charge in [0.25, 0.3) is 0 Å². The predicted octanol–water partition coefficient (Wildman–Crippen LogP) is 5.78. The molecule has 1 heterocycles. The van der Waals surface area contributed by atoms with Crippen LogP contribution in [0, 0.1) is 18.8 Å². The second-order valence-corrected chi connectivity index (χ2v) is 8.31. The van der Waals surface area contributed by atoms with Gasteiger partial charge in [-0.1, -0.05) is 40.5 Å². The quantitative estimate of drug-likeness (QED) is 0.670. The van der Waals surface area contributed by atoms with E-state index in [9.17, 15) is 0 Å². The topological polar surface area (TPSA) is 12.9 Å². The van der Waals surface area contributed by atoms with E-state index in [-0.39, 0.29) is 0 Å². The molecular formula is C17H18BrNS. The van der Waals surface area contributed by atoms with Crippen LogP contribution in [0.1, 0.15) is 41.5 Å². The van der Waals surface area contributed by atoms with Gasteiger partial charge in [0.1, 0.15) is 0 Å². The lowest BCUT2D eigenvalue weighted by molar-refractivity contribution is 0.419. The van der Waals surface area contributed by atoms with Gasteiger partial charge in [-0.15, -0.1) is 11.3 Å². The van der Waals surface area contributed by atoms with Crippen LogP contribution in [0.4, 0.5) is 0 Å². The highest BCUT2D eigenvalue weighted by atomic mass is 79.9. The zero-order valence-electron chi connectivity index (χ0n) is 11.6. The Balaban J connectivity index is 1.71. The van der Waals surface area contributed by atoms with Gasteiger partial charge < -0.3 is 0 Å². The maximum Gasteiger partial charge on any atom is 0.0969 e. The van der Waals surface area contributed by atoms with Crippen molar-refractivity contribution in [1.82, 2.24) is 4.98 Å². The Morgan fingerprint density at radius 1 is 1.20 bits per heavy atom. The maximum absolute atomic E-state index is 5.03. The van der Waals surface area contributed by atoms with Crippen LogP contribution in [0.2, 0.25) is 0 Å². The molecular weight excluding hydrogens is 330 g/mol. The van der Waals surface area contributed by atoms with Crippen LogP contribution in [0.3, 0.4) is 0 Å². The minimum absolute atomic E-state index is 0.744. The highest BCUT2D eigenvalue weighted by Crippen LogP contribution is 2.54. The molecule has 2 aliphatic carbocycles. The van der Waals surface area contributed by atoms with Gasteiger partial charge in [0.05, 0.1) is 10.7 Å². The van der Waals surface area contributed by atoms with Gasteiger partial charge in [0.2, 0.25) is 0 Å². The first kappa shape index (κ1) is 13.0. The number of hydrogen-bond acceptors (Lipinski definition) is 2. The Bertz CT molecular complexity index is 648. The number of aromatic nitrogens is 1. The van der Waals surface area contributed by atoms with Crippen molar-refractivity contribution in [2.24, 2.45) is 11.8 Å². The van der Waals surface area contributed by atoms with Crippen molar-refractivity contribution >= 4 is 27.3 Å². The number of benzene rings is 1. The molecule has 1 aromatic carbocycles. The Morgan fingerprint density at radius 3 is 2.75 bits per heavy atom. The van der Waals surface area contributed by atoms with Crippen molar-refractivity contribution in [2.45, 2.75) is 38.5 Å². The molecule has 0 aliphatic heterocycles. The molecule has 104 valence electrons. The Hall–Kier alpha value is -0.670. The first-order chi connectivity index (χ1) is 9.72. The van der Waals surface area contributed by atoms with E-state index in [1.807, 2.05) is 11.3 Å². The van der Waals surface area contributed by atoms with Gasteiger partial charge >= 0.3 is 0 Å². The summed E-state index contributed by atoms with van der Waals surface area (Å²) < 4.78 is 1.15. The van der Waals surface area contributed by atoms with Crippen molar-refractivity contribution in [3.8, 4) is 11.3 Å². The van der Waals surface area contributed by atoms with E-state index >= 15 is 0 Å². The number of rotatable bonds is 2. The molecule has 0 N–H and O–H groups in total. The van der Waals surface area contributed by atoms with Crippen LogP contribution in [0.15, 0.2) is 28.7 Å². The third-order valence-electron chi connectivity index (χ3n) is 5.00. The molecule has 2 aromatic rings. The van der Waals surface area contributed by atoms with Crippen LogP contribution in [-0.2, 0) is 0 Å². The lowest BCUT2D eigenvalue weighted by Gasteiger charge is -2.18. The van der Waals surface area contributed by atoms with Crippen molar-refractivity contribution < 1.29 is 0 Å². The Morgan fingerprint density at radius 2 is 2.05 bits per heavy atom. The summed E-state index contributed by atoms with van der Waals surface area (Å²) in [6, 6.07) is 8.42. The summed E-state index contributed by atoms with van der Waals surface area (Å²) in [6.45, 7) is 2.21. The van der Waals surface area contributed by atoms with E-state index in [4.69, 9.17) is 4.98 Å². The third kappa shape index (κ3) is 2.06. The van der Waals surface area contributed by atoms with Gasteiger partial charge in [-0.2, -0.15) is 0 Å². The fourth-order valence-corrected chi connectivity index (χ4v) is 5.64.